The van der Waals surface area contributed by atoms with Gasteiger partial charge in [0.1, 0.15) is 5.60 Å². The molecule has 26 heavy (non-hydrogen) atoms. The molecule has 5 heteroatoms. The van der Waals surface area contributed by atoms with Crippen molar-refractivity contribution in [1.82, 2.24) is 0 Å². The summed E-state index contributed by atoms with van der Waals surface area (Å²) in [5.41, 5.74) is -0.326. The van der Waals surface area contributed by atoms with Crippen molar-refractivity contribution in [3.63, 3.8) is 0 Å². The van der Waals surface area contributed by atoms with E-state index in [1.165, 1.54) is 25.7 Å². The first-order valence-electron chi connectivity index (χ1n) is 10.4. The number of carbonyl (C=O) groups excluding carboxylic acids is 1. The summed E-state index contributed by atoms with van der Waals surface area (Å²) in [6.07, 6.45) is 6.85. The van der Waals surface area contributed by atoms with Crippen LogP contribution in [0.15, 0.2) is 0 Å². The molecule has 0 spiro atoms. The Labute approximate surface area is 160 Å². The molecule has 7 atom stereocenters. The standard InChI is InChI=1S/C17H26O2.C4H12O2Si/c1-17(2,3)19-16(18)13-8-11-7-12(13)15-10-5-4-9(6-10)14(11)15;1-5-7(3,4)6-2/h9-15H,4-8H2,1-3H3;1-4H3. The van der Waals surface area contributed by atoms with Gasteiger partial charge in [0.15, 0.2) is 0 Å². The summed E-state index contributed by atoms with van der Waals surface area (Å²) in [6, 6.07) is 0. The SMILES string of the molecule is CC(C)(C)OC(=O)C1CC2CC1C1C3CCC(C3)C21.CO[Si](C)(C)OC. The second-order valence-corrected chi connectivity index (χ2v) is 13.9. The minimum atomic E-state index is -1.65. The van der Waals surface area contributed by atoms with Crippen molar-refractivity contribution < 1.29 is 18.4 Å². The van der Waals surface area contributed by atoms with Crippen LogP contribution in [0.4, 0.5) is 0 Å². The van der Waals surface area contributed by atoms with Crippen molar-refractivity contribution in [2.24, 2.45) is 41.4 Å². The molecular formula is C21H38O4Si. The van der Waals surface area contributed by atoms with E-state index in [0.717, 1.165) is 36.0 Å². The Morgan fingerprint density at radius 1 is 0.885 bits per heavy atom. The number of hydrogen-bond donors (Lipinski definition) is 0. The number of esters is 1. The fraction of sp³-hybridized carbons (Fsp3) is 0.952. The molecule has 0 radical (unpaired) electrons. The van der Waals surface area contributed by atoms with E-state index in [1.54, 1.807) is 14.2 Å². The van der Waals surface area contributed by atoms with E-state index in [1.807, 2.05) is 33.9 Å². The van der Waals surface area contributed by atoms with Gasteiger partial charge >= 0.3 is 14.5 Å². The first-order valence-corrected chi connectivity index (χ1v) is 13.2. The van der Waals surface area contributed by atoms with Gasteiger partial charge in [-0.15, -0.1) is 0 Å². The molecule has 0 aromatic heterocycles. The Morgan fingerprint density at radius 3 is 1.96 bits per heavy atom. The van der Waals surface area contributed by atoms with Crippen LogP contribution >= 0.6 is 0 Å². The van der Waals surface area contributed by atoms with Gasteiger partial charge in [0.2, 0.25) is 0 Å². The van der Waals surface area contributed by atoms with Gasteiger partial charge in [-0.25, -0.2) is 0 Å². The van der Waals surface area contributed by atoms with Gasteiger partial charge < -0.3 is 13.6 Å². The Hall–Kier alpha value is -0.393. The number of hydrogen-bond acceptors (Lipinski definition) is 4. The maximum atomic E-state index is 12.4. The van der Waals surface area contributed by atoms with Gasteiger partial charge in [-0.2, -0.15) is 0 Å². The van der Waals surface area contributed by atoms with E-state index in [-0.39, 0.29) is 17.5 Å². The van der Waals surface area contributed by atoms with Crippen LogP contribution in [-0.4, -0.2) is 34.4 Å². The summed E-state index contributed by atoms with van der Waals surface area (Å²) in [5.74, 6) is 5.69. The van der Waals surface area contributed by atoms with Crippen molar-refractivity contribution in [3.05, 3.63) is 0 Å². The molecule has 0 saturated heterocycles. The van der Waals surface area contributed by atoms with Gasteiger partial charge in [-0.05, 0) is 101 Å². The Kier molecular flexibility index (Phi) is 5.64. The average Bonchev–Trinajstić information content (AvgIpc) is 3.31. The minimum absolute atomic E-state index is 0.0984. The molecule has 4 aliphatic carbocycles. The quantitative estimate of drug-likeness (QED) is 0.406. The zero-order valence-electron chi connectivity index (χ0n) is 17.7. The van der Waals surface area contributed by atoms with Crippen LogP contribution in [0.3, 0.4) is 0 Å². The van der Waals surface area contributed by atoms with E-state index in [4.69, 9.17) is 13.6 Å². The highest BCUT2D eigenvalue weighted by molar-refractivity contribution is 6.64. The van der Waals surface area contributed by atoms with E-state index in [9.17, 15) is 4.79 Å². The predicted octanol–water partition coefficient (Wildman–Crippen LogP) is 4.63. The molecule has 7 unspecified atom stereocenters. The van der Waals surface area contributed by atoms with E-state index >= 15 is 0 Å². The highest BCUT2D eigenvalue weighted by Crippen LogP contribution is 2.68. The Morgan fingerprint density at radius 2 is 1.46 bits per heavy atom. The summed E-state index contributed by atoms with van der Waals surface area (Å²) >= 11 is 0. The molecule has 0 aliphatic heterocycles. The van der Waals surface area contributed by atoms with Crippen molar-refractivity contribution in [2.45, 2.75) is 71.6 Å². The summed E-state index contributed by atoms with van der Waals surface area (Å²) in [7, 11) is 1.70. The van der Waals surface area contributed by atoms with E-state index < -0.39 is 8.56 Å². The average molecular weight is 383 g/mol. The van der Waals surface area contributed by atoms with Gasteiger partial charge in [0.25, 0.3) is 0 Å². The molecule has 0 aromatic carbocycles. The van der Waals surface area contributed by atoms with Crippen LogP contribution in [0, 0.1) is 41.4 Å². The Bertz CT molecular complexity index is 521. The molecule has 0 N–H and O–H groups in total. The molecule has 0 amide bonds. The van der Waals surface area contributed by atoms with Gasteiger partial charge in [-0.1, -0.05) is 0 Å². The van der Waals surface area contributed by atoms with Crippen LogP contribution in [0.2, 0.25) is 13.1 Å². The third-order valence-electron chi connectivity index (χ3n) is 7.43. The number of rotatable bonds is 3. The molecule has 4 rings (SSSR count). The zero-order chi connectivity index (χ0) is 19.3. The summed E-state index contributed by atoms with van der Waals surface area (Å²) in [6.45, 7) is 9.94. The minimum Gasteiger partial charge on any atom is -0.460 e. The highest BCUT2D eigenvalue weighted by Gasteiger charge is 2.63. The monoisotopic (exact) mass is 382 g/mol. The first kappa shape index (κ1) is 20.3. The van der Waals surface area contributed by atoms with Crippen molar-refractivity contribution in [1.29, 1.82) is 0 Å². The molecule has 4 fully saturated rings. The van der Waals surface area contributed by atoms with Gasteiger partial charge in [0, 0.05) is 14.2 Å². The van der Waals surface area contributed by atoms with Crippen LogP contribution < -0.4 is 0 Å². The largest absolute Gasteiger partial charge is 0.460 e. The maximum Gasteiger partial charge on any atom is 0.331 e. The van der Waals surface area contributed by atoms with Crippen molar-refractivity contribution >= 4 is 14.5 Å². The first-order chi connectivity index (χ1) is 12.1. The lowest BCUT2D eigenvalue weighted by atomic mass is 9.67. The lowest BCUT2D eigenvalue weighted by Crippen LogP contribution is -2.38. The van der Waals surface area contributed by atoms with Crippen molar-refractivity contribution in [2.75, 3.05) is 14.2 Å². The summed E-state index contributed by atoms with van der Waals surface area (Å²) in [4.78, 5) is 12.4. The molecule has 0 heterocycles. The lowest BCUT2D eigenvalue weighted by Gasteiger charge is -2.38. The van der Waals surface area contributed by atoms with Crippen molar-refractivity contribution in [3.8, 4) is 0 Å². The fourth-order valence-corrected chi connectivity index (χ4v) is 6.46. The van der Waals surface area contributed by atoms with Crippen LogP contribution in [0.25, 0.3) is 0 Å². The number of carbonyl (C=O) groups is 1. The molecule has 4 nitrogen and oxygen atoms in total. The second-order valence-electron chi connectivity index (χ2n) is 10.3. The third kappa shape index (κ3) is 3.90. The van der Waals surface area contributed by atoms with Crippen LogP contribution in [-0.2, 0) is 18.4 Å². The molecule has 150 valence electrons. The lowest BCUT2D eigenvalue weighted by molar-refractivity contribution is -0.163. The maximum absolute atomic E-state index is 12.4. The second kappa shape index (κ2) is 7.21. The highest BCUT2D eigenvalue weighted by atomic mass is 28.4. The van der Waals surface area contributed by atoms with Crippen LogP contribution in [0.1, 0.15) is 52.9 Å². The third-order valence-corrected chi connectivity index (χ3v) is 9.39. The smallest absolute Gasteiger partial charge is 0.331 e. The molecule has 4 bridgehead atoms. The topological polar surface area (TPSA) is 44.8 Å². The molecule has 4 aliphatic rings. The van der Waals surface area contributed by atoms with Gasteiger partial charge in [0.05, 0.1) is 5.92 Å². The van der Waals surface area contributed by atoms with Crippen LogP contribution in [0.5, 0.6) is 0 Å². The Balaban J connectivity index is 0.000000242. The fourth-order valence-electron chi connectivity index (χ4n) is 6.30. The molecular weight excluding hydrogens is 344 g/mol. The number of fused-ring (bicyclic) bond motifs is 9. The van der Waals surface area contributed by atoms with E-state index in [2.05, 4.69) is 0 Å². The summed E-state index contributed by atoms with van der Waals surface area (Å²) < 4.78 is 15.7. The molecule has 4 saturated carbocycles. The summed E-state index contributed by atoms with van der Waals surface area (Å²) in [5, 5.41) is 0. The zero-order valence-corrected chi connectivity index (χ0v) is 18.7. The van der Waals surface area contributed by atoms with Gasteiger partial charge in [-0.3, -0.25) is 4.79 Å². The normalized spacial score (nSPS) is 40.2. The van der Waals surface area contributed by atoms with E-state index in [0.29, 0.717) is 5.92 Å². The number of ether oxygens (including phenoxy) is 1. The molecule has 0 aromatic rings. The predicted molar refractivity (Wildman–Crippen MR) is 105 cm³/mol.